The quantitative estimate of drug-likeness (QED) is 0.707. The summed E-state index contributed by atoms with van der Waals surface area (Å²) in [6, 6.07) is 11.3. The molecular weight excluding hydrogens is 337 g/mol. The summed E-state index contributed by atoms with van der Waals surface area (Å²) < 4.78 is 24.9. The fourth-order valence-corrected chi connectivity index (χ4v) is 2.10. The van der Waals surface area contributed by atoms with E-state index in [1.807, 2.05) is 0 Å². The molecule has 0 bridgehead atoms. The molecule has 2 heterocycles. The van der Waals surface area contributed by atoms with Crippen LogP contribution in [0, 0.1) is 5.82 Å². The van der Waals surface area contributed by atoms with E-state index in [1.165, 1.54) is 24.5 Å². The fourth-order valence-electron chi connectivity index (χ4n) is 2.10. The summed E-state index contributed by atoms with van der Waals surface area (Å²) in [5.74, 6) is 0.204. The molecule has 0 unspecified atom stereocenters. The number of carbonyl (C=O) groups excluding carboxylic acids is 1. The lowest BCUT2D eigenvalue weighted by atomic mass is 10.2. The van der Waals surface area contributed by atoms with Gasteiger partial charge in [0.1, 0.15) is 11.5 Å². The first kappa shape index (κ1) is 17.3. The van der Waals surface area contributed by atoms with Gasteiger partial charge in [-0.1, -0.05) is 6.07 Å². The van der Waals surface area contributed by atoms with E-state index in [4.69, 9.17) is 9.47 Å². The van der Waals surface area contributed by atoms with Crippen molar-refractivity contribution in [3.8, 4) is 17.2 Å². The van der Waals surface area contributed by atoms with E-state index in [-0.39, 0.29) is 24.8 Å². The lowest BCUT2D eigenvalue weighted by Gasteiger charge is -2.09. The molecule has 0 aliphatic heterocycles. The van der Waals surface area contributed by atoms with E-state index >= 15 is 0 Å². The van der Waals surface area contributed by atoms with Gasteiger partial charge >= 0.3 is 0 Å². The van der Waals surface area contributed by atoms with Gasteiger partial charge in [0.25, 0.3) is 5.91 Å². The second-order valence-electron chi connectivity index (χ2n) is 5.31. The van der Waals surface area contributed by atoms with Crippen molar-refractivity contribution in [1.29, 1.82) is 0 Å². The van der Waals surface area contributed by atoms with Crippen LogP contribution < -0.4 is 14.8 Å². The third-order valence-corrected chi connectivity index (χ3v) is 3.35. The van der Waals surface area contributed by atoms with Crippen molar-refractivity contribution in [2.24, 2.45) is 0 Å². The van der Waals surface area contributed by atoms with Crippen LogP contribution in [0.5, 0.6) is 17.2 Å². The lowest BCUT2D eigenvalue weighted by molar-refractivity contribution is -0.123. The fraction of sp³-hybridized carbons (Fsp3) is 0.105. The topological polar surface area (TPSA) is 73.3 Å². The molecule has 6 nitrogen and oxygen atoms in total. The number of hydrogen-bond donors (Lipinski definition) is 1. The van der Waals surface area contributed by atoms with Gasteiger partial charge in [-0.05, 0) is 42.0 Å². The van der Waals surface area contributed by atoms with Crippen molar-refractivity contribution in [3.63, 3.8) is 0 Å². The molecule has 1 aromatic carbocycles. The number of pyridine rings is 2. The molecule has 0 radical (unpaired) electrons. The van der Waals surface area contributed by atoms with Crippen LogP contribution >= 0.6 is 0 Å². The molecule has 7 heteroatoms. The van der Waals surface area contributed by atoms with Crippen molar-refractivity contribution < 1.29 is 18.7 Å². The van der Waals surface area contributed by atoms with Crippen LogP contribution in [0.1, 0.15) is 5.56 Å². The second kappa shape index (κ2) is 8.57. The molecular formula is C19H16FN3O3. The Labute approximate surface area is 149 Å². The van der Waals surface area contributed by atoms with Gasteiger partial charge in [-0.25, -0.2) is 4.39 Å². The Morgan fingerprint density at radius 2 is 1.77 bits per heavy atom. The number of amides is 1. The zero-order valence-corrected chi connectivity index (χ0v) is 13.8. The summed E-state index contributed by atoms with van der Waals surface area (Å²) in [6.07, 6.45) is 6.23. The Bertz CT molecular complexity index is 860. The number of nitrogens with one attached hydrogen (secondary N) is 1. The third-order valence-electron chi connectivity index (χ3n) is 3.35. The minimum absolute atomic E-state index is 0.0907. The van der Waals surface area contributed by atoms with Crippen LogP contribution in [0.2, 0.25) is 0 Å². The van der Waals surface area contributed by atoms with Gasteiger partial charge in [0.15, 0.2) is 18.2 Å². The highest BCUT2D eigenvalue weighted by molar-refractivity contribution is 5.77. The van der Waals surface area contributed by atoms with Crippen molar-refractivity contribution >= 4 is 5.91 Å². The van der Waals surface area contributed by atoms with Crippen LogP contribution in [0.3, 0.4) is 0 Å². The number of benzene rings is 1. The summed E-state index contributed by atoms with van der Waals surface area (Å²) in [7, 11) is 0. The zero-order valence-electron chi connectivity index (χ0n) is 13.8. The minimum atomic E-state index is -0.521. The summed E-state index contributed by atoms with van der Waals surface area (Å²) in [6.45, 7) is 0.0374. The standard InChI is InChI=1S/C19H16FN3O3/c20-17-9-14(5-6-18(17)26-16-4-2-8-22-12-16)10-23-19(24)13-25-15-3-1-7-21-11-15/h1-9,11-12H,10,13H2,(H,23,24). The molecule has 1 N–H and O–H groups in total. The number of nitrogens with zero attached hydrogens (tertiary/aromatic N) is 2. The molecule has 0 spiro atoms. The van der Waals surface area contributed by atoms with Crippen molar-refractivity contribution in [3.05, 3.63) is 78.6 Å². The normalized spacial score (nSPS) is 10.2. The molecule has 0 saturated carbocycles. The molecule has 3 rings (SSSR count). The highest BCUT2D eigenvalue weighted by Gasteiger charge is 2.08. The average molecular weight is 353 g/mol. The van der Waals surface area contributed by atoms with Crippen molar-refractivity contribution in [1.82, 2.24) is 15.3 Å². The first-order valence-electron chi connectivity index (χ1n) is 7.86. The molecule has 0 atom stereocenters. The van der Waals surface area contributed by atoms with Gasteiger partial charge in [0.2, 0.25) is 0 Å². The highest BCUT2D eigenvalue weighted by atomic mass is 19.1. The van der Waals surface area contributed by atoms with Crippen LogP contribution in [-0.2, 0) is 11.3 Å². The predicted molar refractivity (Wildman–Crippen MR) is 92.3 cm³/mol. The van der Waals surface area contributed by atoms with Gasteiger partial charge in [0, 0.05) is 18.9 Å². The Morgan fingerprint density at radius 1 is 1.04 bits per heavy atom. The molecule has 1 amide bonds. The monoisotopic (exact) mass is 353 g/mol. The van der Waals surface area contributed by atoms with Gasteiger partial charge in [-0.3, -0.25) is 14.8 Å². The summed E-state index contributed by atoms with van der Waals surface area (Å²) in [5.41, 5.74) is 0.607. The third kappa shape index (κ3) is 5.01. The average Bonchev–Trinajstić information content (AvgIpc) is 2.68. The first-order valence-corrected chi connectivity index (χ1v) is 7.86. The Kier molecular flexibility index (Phi) is 5.72. The van der Waals surface area contributed by atoms with Crippen LogP contribution in [0.25, 0.3) is 0 Å². The maximum Gasteiger partial charge on any atom is 0.258 e. The Morgan fingerprint density at radius 3 is 2.42 bits per heavy atom. The van der Waals surface area contributed by atoms with E-state index in [9.17, 15) is 9.18 Å². The van der Waals surface area contributed by atoms with Gasteiger partial charge < -0.3 is 14.8 Å². The first-order chi connectivity index (χ1) is 12.7. The number of aromatic nitrogens is 2. The lowest BCUT2D eigenvalue weighted by Crippen LogP contribution is -2.28. The predicted octanol–water partition coefficient (Wildman–Crippen LogP) is 3.10. The molecule has 0 saturated heterocycles. The summed E-state index contributed by atoms with van der Waals surface area (Å²) >= 11 is 0. The molecule has 132 valence electrons. The van der Waals surface area contributed by atoms with Crippen LogP contribution in [0.4, 0.5) is 4.39 Å². The van der Waals surface area contributed by atoms with Crippen LogP contribution in [0.15, 0.2) is 67.3 Å². The van der Waals surface area contributed by atoms with Gasteiger partial charge in [-0.2, -0.15) is 0 Å². The number of carbonyl (C=O) groups is 1. The highest BCUT2D eigenvalue weighted by Crippen LogP contribution is 2.24. The molecule has 0 aliphatic rings. The van der Waals surface area contributed by atoms with E-state index in [0.717, 1.165) is 0 Å². The molecule has 0 aliphatic carbocycles. The van der Waals surface area contributed by atoms with E-state index in [0.29, 0.717) is 17.1 Å². The number of hydrogen-bond acceptors (Lipinski definition) is 5. The molecule has 3 aromatic rings. The molecule has 2 aromatic heterocycles. The van der Waals surface area contributed by atoms with Crippen LogP contribution in [-0.4, -0.2) is 22.5 Å². The van der Waals surface area contributed by atoms with Gasteiger partial charge in [-0.15, -0.1) is 0 Å². The van der Waals surface area contributed by atoms with E-state index < -0.39 is 5.82 Å². The largest absolute Gasteiger partial charge is 0.482 e. The maximum atomic E-state index is 14.1. The smallest absolute Gasteiger partial charge is 0.258 e. The Hall–Kier alpha value is -3.48. The van der Waals surface area contributed by atoms with Gasteiger partial charge in [0.05, 0.1) is 12.4 Å². The minimum Gasteiger partial charge on any atom is -0.482 e. The molecule has 26 heavy (non-hydrogen) atoms. The molecule has 0 fully saturated rings. The number of halogens is 1. The van der Waals surface area contributed by atoms with E-state index in [1.54, 1.807) is 42.7 Å². The SMILES string of the molecule is O=C(COc1cccnc1)NCc1ccc(Oc2cccnc2)c(F)c1. The summed E-state index contributed by atoms with van der Waals surface area (Å²) in [5, 5.41) is 2.66. The number of rotatable bonds is 7. The summed E-state index contributed by atoms with van der Waals surface area (Å²) in [4.78, 5) is 19.6. The number of ether oxygens (including phenoxy) is 2. The second-order valence-corrected chi connectivity index (χ2v) is 5.31. The maximum absolute atomic E-state index is 14.1. The van der Waals surface area contributed by atoms with Crippen molar-refractivity contribution in [2.75, 3.05) is 6.61 Å². The van der Waals surface area contributed by atoms with Crippen molar-refractivity contribution in [2.45, 2.75) is 6.54 Å². The van der Waals surface area contributed by atoms with E-state index in [2.05, 4.69) is 15.3 Å². The zero-order chi connectivity index (χ0) is 18.2. The Balaban J connectivity index is 1.50.